The van der Waals surface area contributed by atoms with E-state index in [0.717, 1.165) is 9.48 Å². The molecule has 4 aromatic rings. The van der Waals surface area contributed by atoms with Crippen LogP contribution in [0, 0.1) is 0 Å². The summed E-state index contributed by atoms with van der Waals surface area (Å²) >= 11 is 4.73. The molecule has 0 bridgehead atoms. The van der Waals surface area contributed by atoms with Crippen molar-refractivity contribution in [3.63, 3.8) is 0 Å². The molecule has 1 atom stereocenters. The van der Waals surface area contributed by atoms with Crippen molar-refractivity contribution in [2.24, 2.45) is 0 Å². The number of carbonyl (C=O) groups is 1. The summed E-state index contributed by atoms with van der Waals surface area (Å²) in [5.41, 5.74) is 1.00. The zero-order chi connectivity index (χ0) is 24.0. The number of methoxy groups -OCH3 is 1. The maximum atomic E-state index is 13.7. The zero-order valence-corrected chi connectivity index (χ0v) is 21.0. The van der Waals surface area contributed by atoms with E-state index in [1.54, 1.807) is 37.4 Å². The highest BCUT2D eigenvalue weighted by Gasteiger charge is 2.45. The van der Waals surface area contributed by atoms with Gasteiger partial charge in [0.15, 0.2) is 16.9 Å². The number of ether oxygens (including phenoxy) is 2. The molecule has 0 N–H and O–H groups in total. The smallest absolute Gasteiger partial charge is 0.297 e. The van der Waals surface area contributed by atoms with Gasteiger partial charge in [-0.1, -0.05) is 40.3 Å². The SMILES string of the molecule is CCOc1ccc(C2c3c(oc4ccc(Br)cc4c3=O)C(=O)N2c2nnc(CC)s2)cc1OC. The molecule has 1 amide bonds. The van der Waals surface area contributed by atoms with Gasteiger partial charge in [0, 0.05) is 4.47 Å². The number of hydrogen-bond donors (Lipinski definition) is 0. The lowest BCUT2D eigenvalue weighted by Gasteiger charge is -2.23. The monoisotopic (exact) mass is 541 g/mol. The molecule has 1 unspecified atom stereocenters. The van der Waals surface area contributed by atoms with E-state index >= 15 is 0 Å². The van der Waals surface area contributed by atoms with Gasteiger partial charge in [0.2, 0.25) is 10.9 Å². The van der Waals surface area contributed by atoms with Gasteiger partial charge in [-0.25, -0.2) is 0 Å². The molecule has 2 aromatic heterocycles. The van der Waals surface area contributed by atoms with E-state index < -0.39 is 11.9 Å². The van der Waals surface area contributed by atoms with Gasteiger partial charge in [0.05, 0.1) is 30.7 Å². The number of rotatable bonds is 6. The second-order valence-electron chi connectivity index (χ2n) is 7.57. The van der Waals surface area contributed by atoms with Crippen LogP contribution >= 0.6 is 27.3 Å². The molecule has 0 saturated heterocycles. The molecule has 0 saturated carbocycles. The predicted octanol–water partition coefficient (Wildman–Crippen LogP) is 5.13. The molecule has 1 aliphatic heterocycles. The van der Waals surface area contributed by atoms with Gasteiger partial charge < -0.3 is 13.9 Å². The summed E-state index contributed by atoms with van der Waals surface area (Å²) < 4.78 is 17.9. The normalized spacial score (nSPS) is 15.1. The summed E-state index contributed by atoms with van der Waals surface area (Å²) in [6.45, 7) is 4.33. The van der Waals surface area contributed by atoms with E-state index in [0.29, 0.717) is 46.2 Å². The first-order chi connectivity index (χ1) is 16.5. The molecule has 0 fully saturated rings. The minimum atomic E-state index is -0.760. The quantitative estimate of drug-likeness (QED) is 0.334. The zero-order valence-electron chi connectivity index (χ0n) is 18.6. The van der Waals surface area contributed by atoms with Crippen molar-refractivity contribution in [3.05, 3.63) is 73.0 Å². The lowest BCUT2D eigenvalue weighted by atomic mass is 9.98. The molecule has 3 heterocycles. The fourth-order valence-corrected chi connectivity index (χ4v) is 5.24. The second-order valence-corrected chi connectivity index (χ2v) is 9.52. The van der Waals surface area contributed by atoms with Crippen LogP contribution in [0.1, 0.15) is 46.6 Å². The maximum Gasteiger partial charge on any atom is 0.297 e. The topological polar surface area (TPSA) is 94.8 Å². The van der Waals surface area contributed by atoms with Crippen molar-refractivity contribution in [2.45, 2.75) is 26.3 Å². The van der Waals surface area contributed by atoms with Crippen LogP contribution in [0.2, 0.25) is 0 Å². The Balaban J connectivity index is 1.77. The number of halogens is 1. The Morgan fingerprint density at radius 2 is 1.94 bits per heavy atom. The number of hydrogen-bond acceptors (Lipinski definition) is 8. The fraction of sp³-hybridized carbons (Fsp3) is 0.250. The molecule has 2 aromatic carbocycles. The Hall–Kier alpha value is -3.24. The van der Waals surface area contributed by atoms with Crippen molar-refractivity contribution in [1.29, 1.82) is 0 Å². The number of anilines is 1. The number of fused-ring (bicyclic) bond motifs is 2. The van der Waals surface area contributed by atoms with Gasteiger partial charge in [-0.2, -0.15) is 0 Å². The Labute approximate surface area is 207 Å². The Bertz CT molecular complexity index is 1480. The van der Waals surface area contributed by atoms with Crippen LogP contribution in [0.5, 0.6) is 11.5 Å². The van der Waals surface area contributed by atoms with Crippen LogP contribution in [0.25, 0.3) is 11.0 Å². The van der Waals surface area contributed by atoms with Crippen molar-refractivity contribution in [3.8, 4) is 11.5 Å². The number of aromatic nitrogens is 2. The van der Waals surface area contributed by atoms with Crippen molar-refractivity contribution in [1.82, 2.24) is 10.2 Å². The molecule has 34 heavy (non-hydrogen) atoms. The molecule has 0 spiro atoms. The van der Waals surface area contributed by atoms with E-state index in [1.807, 2.05) is 19.9 Å². The van der Waals surface area contributed by atoms with Crippen molar-refractivity contribution in [2.75, 3.05) is 18.6 Å². The molecule has 174 valence electrons. The Morgan fingerprint density at radius 1 is 1.12 bits per heavy atom. The lowest BCUT2D eigenvalue weighted by molar-refractivity contribution is 0.0970. The average molecular weight is 542 g/mol. The molecule has 0 radical (unpaired) electrons. The molecule has 10 heteroatoms. The van der Waals surface area contributed by atoms with E-state index in [2.05, 4.69) is 26.1 Å². The molecule has 1 aliphatic rings. The van der Waals surface area contributed by atoms with Gasteiger partial charge in [0.1, 0.15) is 10.6 Å². The van der Waals surface area contributed by atoms with E-state index in [4.69, 9.17) is 13.9 Å². The first-order valence-corrected chi connectivity index (χ1v) is 12.3. The third kappa shape index (κ3) is 3.57. The highest BCUT2D eigenvalue weighted by atomic mass is 79.9. The van der Waals surface area contributed by atoms with Crippen LogP contribution in [-0.2, 0) is 6.42 Å². The van der Waals surface area contributed by atoms with E-state index in [9.17, 15) is 9.59 Å². The standard InChI is InChI=1S/C24H20BrN3O5S/c1-4-18-26-27-24(34-18)28-20(12-6-8-16(32-5-2)17(10-12)31-3)19-21(29)14-11-13(25)7-9-15(14)33-22(19)23(28)30/h6-11,20H,4-5H2,1-3H3. The molecule has 8 nitrogen and oxygen atoms in total. The summed E-state index contributed by atoms with van der Waals surface area (Å²) in [4.78, 5) is 28.8. The molecular weight excluding hydrogens is 522 g/mol. The van der Waals surface area contributed by atoms with E-state index in [1.165, 1.54) is 16.2 Å². The number of carbonyl (C=O) groups excluding carboxylic acids is 1. The van der Waals surface area contributed by atoms with Crippen LogP contribution in [0.15, 0.2) is 50.1 Å². The van der Waals surface area contributed by atoms with Gasteiger partial charge in [-0.05, 0) is 49.2 Å². The Kier molecular flexibility index (Phi) is 5.86. The second kappa shape index (κ2) is 8.84. The van der Waals surface area contributed by atoms with Gasteiger partial charge in [-0.15, -0.1) is 10.2 Å². The molecule has 5 rings (SSSR count). The lowest BCUT2D eigenvalue weighted by Crippen LogP contribution is -2.29. The summed E-state index contributed by atoms with van der Waals surface area (Å²) in [5, 5.41) is 10.0. The number of aryl methyl sites for hydroxylation is 1. The summed E-state index contributed by atoms with van der Waals surface area (Å²) in [6, 6.07) is 9.75. The third-order valence-electron chi connectivity index (χ3n) is 5.60. The fourth-order valence-electron chi connectivity index (χ4n) is 4.07. The first kappa shape index (κ1) is 22.5. The van der Waals surface area contributed by atoms with Crippen molar-refractivity contribution < 1.29 is 18.7 Å². The third-order valence-corrected chi connectivity index (χ3v) is 7.16. The maximum absolute atomic E-state index is 13.7. The summed E-state index contributed by atoms with van der Waals surface area (Å²) in [6.07, 6.45) is 0.684. The van der Waals surface area contributed by atoms with Gasteiger partial charge in [0.25, 0.3) is 5.91 Å². The minimum Gasteiger partial charge on any atom is -0.493 e. The Morgan fingerprint density at radius 3 is 2.65 bits per heavy atom. The van der Waals surface area contributed by atoms with Crippen LogP contribution < -0.4 is 19.8 Å². The van der Waals surface area contributed by atoms with Crippen molar-refractivity contribution >= 4 is 49.3 Å². The molecular formula is C24H20BrN3O5S. The minimum absolute atomic E-state index is 0.00548. The van der Waals surface area contributed by atoms with Crippen LogP contribution in [-0.4, -0.2) is 29.8 Å². The van der Waals surface area contributed by atoms with E-state index in [-0.39, 0.29) is 16.8 Å². The number of benzene rings is 2. The first-order valence-electron chi connectivity index (χ1n) is 10.7. The average Bonchev–Trinajstić information content (AvgIpc) is 3.43. The molecule has 0 aliphatic carbocycles. The van der Waals surface area contributed by atoms with Gasteiger partial charge in [-0.3, -0.25) is 14.5 Å². The summed E-state index contributed by atoms with van der Waals surface area (Å²) in [7, 11) is 1.55. The van der Waals surface area contributed by atoms with Gasteiger partial charge >= 0.3 is 0 Å². The highest BCUT2D eigenvalue weighted by molar-refractivity contribution is 9.10. The largest absolute Gasteiger partial charge is 0.493 e. The van der Waals surface area contributed by atoms with Crippen LogP contribution in [0.3, 0.4) is 0 Å². The van der Waals surface area contributed by atoms with Crippen LogP contribution in [0.4, 0.5) is 5.13 Å². The summed E-state index contributed by atoms with van der Waals surface area (Å²) in [5.74, 6) is 0.641. The number of amides is 1. The highest BCUT2D eigenvalue weighted by Crippen LogP contribution is 2.44. The predicted molar refractivity (Wildman–Crippen MR) is 132 cm³/mol. The number of nitrogens with zero attached hydrogens (tertiary/aromatic N) is 3.